The number of aromatic amines is 1. The summed E-state index contributed by atoms with van der Waals surface area (Å²) in [6.07, 6.45) is 6.95. The second kappa shape index (κ2) is 9.44. The van der Waals surface area contributed by atoms with E-state index in [0.717, 1.165) is 22.3 Å². The summed E-state index contributed by atoms with van der Waals surface area (Å²) in [5, 5.41) is 1.60. The lowest BCUT2D eigenvalue weighted by Crippen LogP contribution is -2.33. The van der Waals surface area contributed by atoms with Crippen molar-refractivity contribution in [2.45, 2.75) is 65.2 Å². The molecule has 0 atom stereocenters. The quantitative estimate of drug-likeness (QED) is 0.456. The van der Waals surface area contributed by atoms with Gasteiger partial charge >= 0.3 is 0 Å². The number of halogens is 1. The summed E-state index contributed by atoms with van der Waals surface area (Å²) in [6, 6.07) is 6.96. The van der Waals surface area contributed by atoms with Crippen LogP contribution in [-0.4, -0.2) is 34.1 Å². The van der Waals surface area contributed by atoms with E-state index in [0.29, 0.717) is 16.9 Å². The third-order valence-corrected chi connectivity index (χ3v) is 7.61. The first-order chi connectivity index (χ1) is 15.3. The zero-order valence-corrected chi connectivity index (χ0v) is 20.9. The lowest BCUT2D eigenvalue weighted by Gasteiger charge is -2.32. The third-order valence-electron chi connectivity index (χ3n) is 7.16. The highest BCUT2D eigenvalue weighted by Crippen LogP contribution is 2.39. The van der Waals surface area contributed by atoms with Gasteiger partial charge in [0.25, 0.3) is 5.56 Å². The number of aryl methyl sites for hydroxylation is 1. The van der Waals surface area contributed by atoms with Gasteiger partial charge in [0, 0.05) is 29.7 Å². The van der Waals surface area contributed by atoms with Crippen LogP contribution in [0.1, 0.15) is 75.0 Å². The highest BCUT2D eigenvalue weighted by molar-refractivity contribution is 6.31. The van der Waals surface area contributed by atoms with E-state index >= 15 is 0 Å². The highest BCUT2D eigenvalue weighted by Gasteiger charge is 2.23. The van der Waals surface area contributed by atoms with Crippen molar-refractivity contribution in [1.82, 2.24) is 14.5 Å². The van der Waals surface area contributed by atoms with Gasteiger partial charge in [-0.05, 0) is 86.5 Å². The van der Waals surface area contributed by atoms with Crippen LogP contribution < -0.4 is 5.56 Å². The lowest BCUT2D eigenvalue weighted by molar-refractivity contribution is 0.210. The molecule has 0 bridgehead atoms. The standard InChI is InChI=1S/C27H36ClN3O/c1-6-7-12-31-13-10-19(11-14-31)20-8-9-23-21(15-20)24(17(2)3)26(29-23)22-16-30(5)27(32)25(28)18(22)4/h8-9,15-17,19,29H,6-7,10-14H2,1-5H3. The highest BCUT2D eigenvalue weighted by atomic mass is 35.5. The summed E-state index contributed by atoms with van der Waals surface area (Å²) in [4.78, 5) is 18.6. The van der Waals surface area contributed by atoms with E-state index in [1.807, 2.05) is 13.1 Å². The average molecular weight is 454 g/mol. The van der Waals surface area contributed by atoms with Gasteiger partial charge in [-0.1, -0.05) is 44.9 Å². The fraction of sp³-hybridized carbons (Fsp3) is 0.519. The van der Waals surface area contributed by atoms with Crippen molar-refractivity contribution in [3.05, 3.63) is 56.5 Å². The van der Waals surface area contributed by atoms with E-state index in [1.54, 1.807) is 11.6 Å². The number of piperidine rings is 1. The minimum Gasteiger partial charge on any atom is -0.354 e. The number of nitrogens with zero attached hydrogens (tertiary/aromatic N) is 2. The summed E-state index contributed by atoms with van der Waals surface area (Å²) < 4.78 is 1.58. The Hall–Kier alpha value is -2.04. The van der Waals surface area contributed by atoms with Crippen molar-refractivity contribution in [3.63, 3.8) is 0 Å². The smallest absolute Gasteiger partial charge is 0.269 e. The molecule has 0 spiro atoms. The molecule has 32 heavy (non-hydrogen) atoms. The van der Waals surface area contributed by atoms with E-state index < -0.39 is 0 Å². The zero-order valence-electron chi connectivity index (χ0n) is 20.1. The van der Waals surface area contributed by atoms with Gasteiger partial charge in [-0.2, -0.15) is 0 Å². The van der Waals surface area contributed by atoms with Crippen LogP contribution in [0.15, 0.2) is 29.2 Å². The molecule has 2 aromatic heterocycles. The van der Waals surface area contributed by atoms with Gasteiger partial charge < -0.3 is 14.5 Å². The summed E-state index contributed by atoms with van der Waals surface area (Å²) in [5.74, 6) is 0.977. The van der Waals surface area contributed by atoms with Gasteiger partial charge in [-0.25, -0.2) is 0 Å². The number of likely N-dealkylation sites (tertiary alicyclic amines) is 1. The summed E-state index contributed by atoms with van der Waals surface area (Å²) in [5.41, 5.74) is 6.68. The Morgan fingerprint density at radius 3 is 2.59 bits per heavy atom. The van der Waals surface area contributed by atoms with E-state index in [4.69, 9.17) is 11.6 Å². The first kappa shape index (κ1) is 23.1. The summed E-state index contributed by atoms with van der Waals surface area (Å²) in [7, 11) is 1.76. The first-order valence-corrected chi connectivity index (χ1v) is 12.4. The molecule has 4 nitrogen and oxygen atoms in total. The molecule has 0 aliphatic carbocycles. The van der Waals surface area contributed by atoms with Gasteiger partial charge in [0.15, 0.2) is 0 Å². The molecule has 0 unspecified atom stereocenters. The Balaban J connectivity index is 1.73. The minimum absolute atomic E-state index is 0.150. The molecule has 1 aliphatic heterocycles. The minimum atomic E-state index is -0.150. The van der Waals surface area contributed by atoms with Crippen LogP contribution in [-0.2, 0) is 7.05 Å². The maximum Gasteiger partial charge on any atom is 0.269 e. The Labute approximate surface area is 196 Å². The normalized spacial score (nSPS) is 15.8. The van der Waals surface area contributed by atoms with Crippen molar-refractivity contribution >= 4 is 22.5 Å². The molecule has 1 N–H and O–H groups in total. The number of hydrogen-bond acceptors (Lipinski definition) is 2. The molecule has 0 radical (unpaired) electrons. The van der Waals surface area contributed by atoms with Crippen LogP contribution in [0.3, 0.4) is 0 Å². The number of nitrogens with one attached hydrogen (secondary N) is 1. The van der Waals surface area contributed by atoms with Crippen molar-refractivity contribution in [3.8, 4) is 11.3 Å². The van der Waals surface area contributed by atoms with Crippen molar-refractivity contribution in [2.24, 2.45) is 7.05 Å². The van der Waals surface area contributed by atoms with Crippen LogP contribution in [0.4, 0.5) is 0 Å². The molecule has 1 aromatic carbocycles. The summed E-state index contributed by atoms with van der Waals surface area (Å²) >= 11 is 6.39. The van der Waals surface area contributed by atoms with Gasteiger partial charge in [-0.15, -0.1) is 0 Å². The number of H-pyrrole nitrogens is 1. The Morgan fingerprint density at radius 2 is 1.94 bits per heavy atom. The topological polar surface area (TPSA) is 41.0 Å². The third kappa shape index (κ3) is 4.27. The molecule has 0 saturated carbocycles. The maximum atomic E-state index is 12.3. The van der Waals surface area contributed by atoms with Gasteiger partial charge in [0.1, 0.15) is 5.02 Å². The Kier molecular flexibility index (Phi) is 6.83. The molecule has 0 amide bonds. The molecule has 1 aliphatic rings. The molecule has 172 valence electrons. The van der Waals surface area contributed by atoms with E-state index in [9.17, 15) is 4.79 Å². The van der Waals surface area contributed by atoms with Crippen LogP contribution >= 0.6 is 11.6 Å². The molecule has 5 heteroatoms. The second-order valence-corrected chi connectivity index (χ2v) is 10.1. The molecular formula is C27H36ClN3O. The number of rotatable bonds is 6. The predicted molar refractivity (Wildman–Crippen MR) is 136 cm³/mol. The second-order valence-electron chi connectivity index (χ2n) is 9.74. The number of unbranched alkanes of at least 4 members (excludes halogenated alkanes) is 1. The number of benzene rings is 1. The largest absolute Gasteiger partial charge is 0.354 e. The fourth-order valence-corrected chi connectivity index (χ4v) is 5.44. The molecule has 3 aromatic rings. The fourth-order valence-electron chi connectivity index (χ4n) is 5.20. The number of hydrogen-bond donors (Lipinski definition) is 1. The summed E-state index contributed by atoms with van der Waals surface area (Å²) in [6.45, 7) is 12.3. The lowest BCUT2D eigenvalue weighted by atomic mass is 9.87. The van der Waals surface area contributed by atoms with Crippen LogP contribution in [0.5, 0.6) is 0 Å². The molecular weight excluding hydrogens is 418 g/mol. The van der Waals surface area contributed by atoms with Crippen LogP contribution in [0.25, 0.3) is 22.2 Å². The number of pyridine rings is 1. The first-order valence-electron chi connectivity index (χ1n) is 12.1. The van der Waals surface area contributed by atoms with Crippen molar-refractivity contribution in [1.29, 1.82) is 0 Å². The monoisotopic (exact) mass is 453 g/mol. The molecule has 1 saturated heterocycles. The van der Waals surface area contributed by atoms with Crippen molar-refractivity contribution in [2.75, 3.05) is 19.6 Å². The SMILES string of the molecule is CCCCN1CCC(c2ccc3[nH]c(-c4cn(C)c(=O)c(Cl)c4C)c(C(C)C)c3c2)CC1. The molecule has 3 heterocycles. The zero-order chi connectivity index (χ0) is 23.0. The van der Waals surface area contributed by atoms with Gasteiger partial charge in [0.05, 0.1) is 5.69 Å². The average Bonchev–Trinajstić information content (AvgIpc) is 3.17. The Morgan fingerprint density at radius 1 is 1.22 bits per heavy atom. The van der Waals surface area contributed by atoms with Gasteiger partial charge in [-0.3, -0.25) is 4.79 Å². The van der Waals surface area contributed by atoms with E-state index in [1.165, 1.54) is 61.8 Å². The van der Waals surface area contributed by atoms with E-state index in [2.05, 4.69) is 48.9 Å². The van der Waals surface area contributed by atoms with Crippen molar-refractivity contribution < 1.29 is 0 Å². The number of fused-ring (bicyclic) bond motifs is 1. The number of aromatic nitrogens is 2. The van der Waals surface area contributed by atoms with Crippen LogP contribution in [0, 0.1) is 6.92 Å². The van der Waals surface area contributed by atoms with E-state index in [-0.39, 0.29) is 5.56 Å². The predicted octanol–water partition coefficient (Wildman–Crippen LogP) is 6.60. The van der Waals surface area contributed by atoms with Gasteiger partial charge in [0.2, 0.25) is 0 Å². The molecule has 4 rings (SSSR count). The molecule has 1 fully saturated rings. The Bertz CT molecular complexity index is 1170. The maximum absolute atomic E-state index is 12.3. The van der Waals surface area contributed by atoms with Crippen LogP contribution in [0.2, 0.25) is 5.02 Å².